The molecular formula is C15H22ClN3O2. The van der Waals surface area contributed by atoms with Gasteiger partial charge in [-0.3, -0.25) is 9.69 Å². The molecule has 0 radical (unpaired) electrons. The number of H-pyrrole nitrogens is 1. The highest BCUT2D eigenvalue weighted by atomic mass is 35.5. The molecule has 0 atom stereocenters. The van der Waals surface area contributed by atoms with Gasteiger partial charge in [-0.05, 0) is 24.8 Å². The summed E-state index contributed by atoms with van der Waals surface area (Å²) in [5.74, 6) is 0.756. The monoisotopic (exact) mass is 311 g/mol. The zero-order valence-electron chi connectivity index (χ0n) is 12.2. The molecule has 0 spiro atoms. The Hall–Kier alpha value is -1.04. The molecule has 1 aromatic heterocycles. The van der Waals surface area contributed by atoms with Crippen LogP contribution in [0, 0.1) is 5.92 Å². The van der Waals surface area contributed by atoms with Gasteiger partial charge >= 0.3 is 0 Å². The van der Waals surface area contributed by atoms with Crippen LogP contribution < -0.4 is 0 Å². The number of carbonyl (C=O) groups is 1. The lowest BCUT2D eigenvalue weighted by atomic mass is 9.96. The topological polar surface area (TPSA) is 48.6 Å². The summed E-state index contributed by atoms with van der Waals surface area (Å²) in [7, 11) is 0. The molecule has 21 heavy (non-hydrogen) atoms. The van der Waals surface area contributed by atoms with E-state index in [0.29, 0.717) is 16.6 Å². The third-order valence-corrected chi connectivity index (χ3v) is 4.62. The fraction of sp³-hybridized carbons (Fsp3) is 0.667. The molecule has 116 valence electrons. The molecule has 0 saturated carbocycles. The summed E-state index contributed by atoms with van der Waals surface area (Å²) in [5, 5.41) is 0.584. The second-order valence-corrected chi connectivity index (χ2v) is 6.32. The van der Waals surface area contributed by atoms with Crippen molar-refractivity contribution >= 4 is 17.5 Å². The predicted octanol–water partition coefficient (Wildman–Crippen LogP) is 1.85. The van der Waals surface area contributed by atoms with Crippen molar-refractivity contribution in [1.29, 1.82) is 0 Å². The lowest BCUT2D eigenvalue weighted by Gasteiger charge is -2.35. The van der Waals surface area contributed by atoms with Crippen molar-refractivity contribution in [1.82, 2.24) is 14.8 Å². The molecule has 1 amide bonds. The van der Waals surface area contributed by atoms with E-state index in [4.69, 9.17) is 16.3 Å². The first-order valence-corrected chi connectivity index (χ1v) is 8.03. The molecule has 1 N–H and O–H groups in total. The van der Waals surface area contributed by atoms with Gasteiger partial charge in [0.25, 0.3) is 5.91 Å². The maximum absolute atomic E-state index is 12.3. The zero-order chi connectivity index (χ0) is 14.7. The average Bonchev–Trinajstić information content (AvgIpc) is 2.95. The fourth-order valence-corrected chi connectivity index (χ4v) is 3.29. The van der Waals surface area contributed by atoms with E-state index in [0.717, 1.165) is 58.8 Å². The third kappa shape index (κ3) is 3.78. The van der Waals surface area contributed by atoms with E-state index in [1.807, 2.05) is 4.90 Å². The van der Waals surface area contributed by atoms with E-state index in [2.05, 4.69) is 9.88 Å². The number of piperidine rings is 1. The van der Waals surface area contributed by atoms with Crippen LogP contribution in [-0.2, 0) is 4.74 Å². The zero-order valence-corrected chi connectivity index (χ0v) is 12.9. The number of aromatic amines is 1. The number of carbonyl (C=O) groups excluding carboxylic acids is 1. The van der Waals surface area contributed by atoms with Crippen molar-refractivity contribution in [3.8, 4) is 0 Å². The van der Waals surface area contributed by atoms with Crippen molar-refractivity contribution in [3.05, 3.63) is 23.0 Å². The molecule has 2 aliphatic rings. The van der Waals surface area contributed by atoms with Crippen LogP contribution in [-0.4, -0.2) is 66.6 Å². The van der Waals surface area contributed by atoms with Gasteiger partial charge in [0, 0.05) is 38.9 Å². The minimum atomic E-state index is 0.0618. The second-order valence-electron chi connectivity index (χ2n) is 5.88. The van der Waals surface area contributed by atoms with Gasteiger partial charge in [0.2, 0.25) is 0 Å². The maximum Gasteiger partial charge on any atom is 0.270 e. The number of morpholine rings is 1. The molecule has 2 aliphatic heterocycles. The molecule has 5 nitrogen and oxygen atoms in total. The van der Waals surface area contributed by atoms with Crippen molar-refractivity contribution in [2.75, 3.05) is 45.9 Å². The van der Waals surface area contributed by atoms with Gasteiger partial charge in [0.15, 0.2) is 0 Å². The number of amides is 1. The SMILES string of the molecule is O=C(c1cc(Cl)c[nH]1)N1CCC(CN2CCOCC2)CC1. The van der Waals surface area contributed by atoms with Gasteiger partial charge < -0.3 is 14.6 Å². The Morgan fingerprint density at radius 3 is 2.62 bits per heavy atom. The minimum absolute atomic E-state index is 0.0618. The largest absolute Gasteiger partial charge is 0.379 e. The predicted molar refractivity (Wildman–Crippen MR) is 81.7 cm³/mol. The summed E-state index contributed by atoms with van der Waals surface area (Å²) < 4.78 is 5.38. The number of nitrogens with one attached hydrogen (secondary N) is 1. The Morgan fingerprint density at radius 1 is 1.29 bits per heavy atom. The highest BCUT2D eigenvalue weighted by Gasteiger charge is 2.26. The first-order chi connectivity index (χ1) is 10.2. The van der Waals surface area contributed by atoms with E-state index in [1.54, 1.807) is 12.3 Å². The molecule has 0 aromatic carbocycles. The highest BCUT2D eigenvalue weighted by molar-refractivity contribution is 6.30. The molecule has 2 saturated heterocycles. The summed E-state index contributed by atoms with van der Waals surface area (Å²) >= 11 is 5.86. The van der Waals surface area contributed by atoms with Crippen LogP contribution in [0.5, 0.6) is 0 Å². The third-order valence-electron chi connectivity index (χ3n) is 4.40. The van der Waals surface area contributed by atoms with E-state index in [1.165, 1.54) is 0 Å². The second kappa shape index (κ2) is 6.81. The standard InChI is InChI=1S/C15H22ClN3O2/c16-13-9-14(17-10-13)15(20)19-3-1-12(2-4-19)11-18-5-7-21-8-6-18/h9-10,12,17H,1-8,11H2. The number of ether oxygens (including phenoxy) is 1. The van der Waals surface area contributed by atoms with Crippen LogP contribution in [0.4, 0.5) is 0 Å². The molecule has 3 heterocycles. The van der Waals surface area contributed by atoms with Gasteiger partial charge in [-0.2, -0.15) is 0 Å². The number of halogens is 1. The van der Waals surface area contributed by atoms with Crippen LogP contribution in [0.3, 0.4) is 0 Å². The molecule has 2 fully saturated rings. The molecular weight excluding hydrogens is 290 g/mol. The number of hydrogen-bond donors (Lipinski definition) is 1. The van der Waals surface area contributed by atoms with Crippen LogP contribution in [0.15, 0.2) is 12.3 Å². The Morgan fingerprint density at radius 2 is 2.00 bits per heavy atom. The van der Waals surface area contributed by atoms with Gasteiger partial charge in [-0.25, -0.2) is 0 Å². The van der Waals surface area contributed by atoms with Crippen molar-refractivity contribution in [3.63, 3.8) is 0 Å². The summed E-state index contributed by atoms with van der Waals surface area (Å²) in [4.78, 5) is 19.7. The van der Waals surface area contributed by atoms with Crippen LogP contribution in [0.25, 0.3) is 0 Å². The first-order valence-electron chi connectivity index (χ1n) is 7.65. The molecule has 3 rings (SSSR count). The fourth-order valence-electron chi connectivity index (χ4n) is 3.13. The first kappa shape index (κ1) is 14.9. The summed E-state index contributed by atoms with van der Waals surface area (Å²) in [6, 6.07) is 1.70. The van der Waals surface area contributed by atoms with Crippen LogP contribution in [0.1, 0.15) is 23.3 Å². The Kier molecular flexibility index (Phi) is 4.83. The molecule has 0 aliphatic carbocycles. The smallest absolute Gasteiger partial charge is 0.270 e. The Labute approximate surface area is 130 Å². The molecule has 6 heteroatoms. The number of aromatic nitrogens is 1. The van der Waals surface area contributed by atoms with Crippen LogP contribution in [0.2, 0.25) is 5.02 Å². The number of rotatable bonds is 3. The number of likely N-dealkylation sites (tertiary alicyclic amines) is 1. The van der Waals surface area contributed by atoms with Crippen LogP contribution >= 0.6 is 11.6 Å². The van der Waals surface area contributed by atoms with Gasteiger partial charge in [-0.15, -0.1) is 0 Å². The Balaban J connectivity index is 1.47. The van der Waals surface area contributed by atoms with E-state index < -0.39 is 0 Å². The van der Waals surface area contributed by atoms with Crippen molar-refractivity contribution in [2.45, 2.75) is 12.8 Å². The number of hydrogen-bond acceptors (Lipinski definition) is 3. The van der Waals surface area contributed by atoms with E-state index in [-0.39, 0.29) is 5.91 Å². The van der Waals surface area contributed by atoms with Gasteiger partial charge in [-0.1, -0.05) is 11.6 Å². The lowest BCUT2D eigenvalue weighted by Crippen LogP contribution is -2.44. The van der Waals surface area contributed by atoms with E-state index in [9.17, 15) is 4.79 Å². The van der Waals surface area contributed by atoms with Gasteiger partial charge in [0.1, 0.15) is 5.69 Å². The van der Waals surface area contributed by atoms with Gasteiger partial charge in [0.05, 0.1) is 18.2 Å². The van der Waals surface area contributed by atoms with E-state index >= 15 is 0 Å². The minimum Gasteiger partial charge on any atom is -0.379 e. The number of nitrogens with zero attached hydrogens (tertiary/aromatic N) is 2. The summed E-state index contributed by atoms with van der Waals surface area (Å²) in [5.41, 5.74) is 0.589. The lowest BCUT2D eigenvalue weighted by molar-refractivity contribution is 0.0242. The Bertz CT molecular complexity index is 477. The quantitative estimate of drug-likeness (QED) is 0.927. The highest BCUT2D eigenvalue weighted by Crippen LogP contribution is 2.21. The molecule has 1 aromatic rings. The van der Waals surface area contributed by atoms with Crippen molar-refractivity contribution < 1.29 is 9.53 Å². The maximum atomic E-state index is 12.3. The molecule has 0 unspecified atom stereocenters. The summed E-state index contributed by atoms with van der Waals surface area (Å²) in [6.07, 6.45) is 3.81. The normalized spacial score (nSPS) is 21.7. The van der Waals surface area contributed by atoms with Crippen molar-refractivity contribution in [2.24, 2.45) is 5.92 Å². The summed E-state index contributed by atoms with van der Waals surface area (Å²) in [6.45, 7) is 6.60. The molecule has 0 bridgehead atoms. The average molecular weight is 312 g/mol.